The van der Waals surface area contributed by atoms with Crippen molar-refractivity contribution >= 4 is 38.3 Å². The molecule has 0 aliphatic heterocycles. The topological polar surface area (TPSA) is 25.8 Å². The van der Waals surface area contributed by atoms with Crippen molar-refractivity contribution in [1.29, 1.82) is 0 Å². The van der Waals surface area contributed by atoms with Crippen LogP contribution in [0.5, 0.6) is 0 Å². The van der Waals surface area contributed by atoms with E-state index in [2.05, 4.69) is 26.1 Å². The monoisotopic (exact) mass is 364 g/mol. The third-order valence-corrected chi connectivity index (χ3v) is 4.37. The summed E-state index contributed by atoms with van der Waals surface area (Å²) < 4.78 is 13.8. The first-order valence-corrected chi connectivity index (χ1v) is 7.53. The number of benzene rings is 2. The van der Waals surface area contributed by atoms with E-state index in [-0.39, 0.29) is 5.82 Å². The molecule has 21 heavy (non-hydrogen) atoms. The minimum Gasteiger partial charge on any atom is -0.206 e. The average molecular weight is 366 g/mol. The van der Waals surface area contributed by atoms with E-state index in [0.29, 0.717) is 15.3 Å². The van der Waals surface area contributed by atoms with E-state index >= 15 is 0 Å². The van der Waals surface area contributed by atoms with Crippen LogP contribution in [0.4, 0.5) is 4.39 Å². The third-order valence-electron chi connectivity index (χ3n) is 3.50. The molecule has 0 aliphatic carbocycles. The number of hydrogen-bond acceptors (Lipinski definition) is 2. The molecule has 1 aromatic heterocycles. The Morgan fingerprint density at radius 2 is 1.67 bits per heavy atom. The smallest absolute Gasteiger partial charge is 0.159 e. The van der Waals surface area contributed by atoms with Crippen molar-refractivity contribution < 1.29 is 4.39 Å². The van der Waals surface area contributed by atoms with Gasteiger partial charge in [0.05, 0.1) is 4.47 Å². The summed E-state index contributed by atoms with van der Waals surface area (Å²) >= 11 is 9.41. The zero-order chi connectivity index (χ0) is 15.1. The highest BCUT2D eigenvalue weighted by atomic mass is 79.9. The summed E-state index contributed by atoms with van der Waals surface area (Å²) in [6, 6.07) is 8.84. The van der Waals surface area contributed by atoms with Gasteiger partial charge in [0.15, 0.2) is 5.15 Å². The summed E-state index contributed by atoms with van der Waals surface area (Å²) in [6.45, 7) is 3.99. The van der Waals surface area contributed by atoms with Crippen LogP contribution in [0.25, 0.3) is 22.0 Å². The molecule has 0 amide bonds. The van der Waals surface area contributed by atoms with Crippen molar-refractivity contribution in [3.63, 3.8) is 0 Å². The lowest BCUT2D eigenvalue weighted by Crippen LogP contribution is -1.96. The molecule has 1 heterocycles. The van der Waals surface area contributed by atoms with Gasteiger partial charge in [-0.3, -0.25) is 0 Å². The van der Waals surface area contributed by atoms with Gasteiger partial charge in [0, 0.05) is 16.3 Å². The minimum atomic E-state index is -0.308. The lowest BCUT2D eigenvalue weighted by Gasteiger charge is -2.11. The van der Waals surface area contributed by atoms with E-state index in [0.717, 1.165) is 27.5 Å². The van der Waals surface area contributed by atoms with E-state index in [1.165, 1.54) is 6.07 Å². The number of aryl methyl sites for hydroxylation is 2. The lowest BCUT2D eigenvalue weighted by atomic mass is 9.98. The van der Waals surface area contributed by atoms with E-state index in [4.69, 9.17) is 11.6 Å². The number of hydrogen-bond donors (Lipinski definition) is 0. The molecule has 0 aliphatic rings. The number of rotatable bonds is 1. The van der Waals surface area contributed by atoms with Crippen LogP contribution in [0.15, 0.2) is 34.8 Å². The van der Waals surface area contributed by atoms with Gasteiger partial charge < -0.3 is 0 Å². The van der Waals surface area contributed by atoms with Gasteiger partial charge >= 0.3 is 0 Å². The number of halogens is 3. The standard InChI is InChI=1S/C16H11BrClFN2/c1-8-3-4-9(2)14-13(8)15(20-21-16(14)18)10-5-6-12(19)11(17)7-10/h3-7H,1-2H3. The fourth-order valence-electron chi connectivity index (χ4n) is 2.42. The summed E-state index contributed by atoms with van der Waals surface area (Å²) in [6.07, 6.45) is 0. The van der Waals surface area contributed by atoms with E-state index in [9.17, 15) is 4.39 Å². The van der Waals surface area contributed by atoms with Gasteiger partial charge in [0.2, 0.25) is 0 Å². The van der Waals surface area contributed by atoms with Gasteiger partial charge in [-0.05, 0) is 59.1 Å². The summed E-state index contributed by atoms with van der Waals surface area (Å²) in [7, 11) is 0. The van der Waals surface area contributed by atoms with Crippen molar-refractivity contribution in [2.45, 2.75) is 13.8 Å². The van der Waals surface area contributed by atoms with Crippen LogP contribution in [0, 0.1) is 19.7 Å². The summed E-state index contributed by atoms with van der Waals surface area (Å²) in [5.41, 5.74) is 3.60. The van der Waals surface area contributed by atoms with Crippen molar-refractivity contribution in [3.8, 4) is 11.3 Å². The molecule has 0 spiro atoms. The Hall–Kier alpha value is -1.52. The van der Waals surface area contributed by atoms with E-state index in [1.807, 2.05) is 26.0 Å². The van der Waals surface area contributed by atoms with Gasteiger partial charge in [-0.1, -0.05) is 23.7 Å². The van der Waals surface area contributed by atoms with Gasteiger partial charge in [-0.25, -0.2) is 4.39 Å². The molecule has 5 heteroatoms. The first-order valence-electron chi connectivity index (χ1n) is 6.36. The van der Waals surface area contributed by atoms with Crippen LogP contribution in [-0.4, -0.2) is 10.2 Å². The minimum absolute atomic E-state index is 0.308. The Bertz CT molecular complexity index is 856. The lowest BCUT2D eigenvalue weighted by molar-refractivity contribution is 0.621. The maximum Gasteiger partial charge on any atom is 0.159 e. The molecule has 3 aromatic rings. The second-order valence-corrected chi connectivity index (χ2v) is 6.13. The Labute approximate surface area is 135 Å². The second-order valence-electron chi connectivity index (χ2n) is 4.92. The summed E-state index contributed by atoms with van der Waals surface area (Å²) in [5, 5.41) is 10.5. The molecule has 2 nitrogen and oxygen atoms in total. The predicted molar refractivity (Wildman–Crippen MR) is 87.1 cm³/mol. The second kappa shape index (κ2) is 5.35. The third kappa shape index (κ3) is 2.43. The maximum absolute atomic E-state index is 13.4. The van der Waals surface area contributed by atoms with Crippen LogP contribution in [0.3, 0.4) is 0 Å². The highest BCUT2D eigenvalue weighted by Crippen LogP contribution is 2.35. The van der Waals surface area contributed by atoms with Crippen LogP contribution in [0.2, 0.25) is 5.15 Å². The van der Waals surface area contributed by atoms with Gasteiger partial charge in [0.25, 0.3) is 0 Å². The molecule has 0 unspecified atom stereocenters. The predicted octanol–water partition coefficient (Wildman–Crippen LogP) is 5.47. The highest BCUT2D eigenvalue weighted by molar-refractivity contribution is 9.10. The summed E-state index contributed by atoms with van der Waals surface area (Å²) in [4.78, 5) is 0. The van der Waals surface area contributed by atoms with Crippen LogP contribution < -0.4 is 0 Å². The zero-order valence-electron chi connectivity index (χ0n) is 11.4. The first kappa shape index (κ1) is 14.4. The number of aromatic nitrogens is 2. The molecule has 0 saturated carbocycles. The van der Waals surface area contributed by atoms with Crippen LogP contribution >= 0.6 is 27.5 Å². The fraction of sp³-hybridized carbons (Fsp3) is 0.125. The molecule has 0 radical (unpaired) electrons. The molecule has 106 valence electrons. The first-order chi connectivity index (χ1) is 9.99. The molecule has 2 aromatic carbocycles. The highest BCUT2D eigenvalue weighted by Gasteiger charge is 2.15. The van der Waals surface area contributed by atoms with Gasteiger partial charge in [-0.15, -0.1) is 10.2 Å². The number of nitrogens with zero attached hydrogens (tertiary/aromatic N) is 2. The van der Waals surface area contributed by atoms with Crippen molar-refractivity contribution in [1.82, 2.24) is 10.2 Å². The Morgan fingerprint density at radius 3 is 2.33 bits per heavy atom. The van der Waals surface area contributed by atoms with Crippen LogP contribution in [0.1, 0.15) is 11.1 Å². The fourth-order valence-corrected chi connectivity index (χ4v) is 3.08. The maximum atomic E-state index is 13.4. The van der Waals surface area contributed by atoms with Gasteiger partial charge in [0.1, 0.15) is 11.5 Å². The van der Waals surface area contributed by atoms with Crippen LogP contribution in [-0.2, 0) is 0 Å². The Morgan fingerprint density at radius 1 is 1.00 bits per heavy atom. The molecule has 0 fully saturated rings. The molecule has 0 atom stereocenters. The van der Waals surface area contributed by atoms with Crippen molar-refractivity contribution in [3.05, 3.63) is 56.9 Å². The molecule has 0 N–H and O–H groups in total. The molecule has 3 rings (SSSR count). The van der Waals surface area contributed by atoms with Gasteiger partial charge in [-0.2, -0.15) is 0 Å². The van der Waals surface area contributed by atoms with Crippen molar-refractivity contribution in [2.24, 2.45) is 0 Å². The summed E-state index contributed by atoms with van der Waals surface area (Å²) in [5.74, 6) is -0.308. The molecular weight excluding hydrogens is 355 g/mol. The van der Waals surface area contributed by atoms with E-state index < -0.39 is 0 Å². The SMILES string of the molecule is Cc1ccc(C)c2c(-c3ccc(F)c(Br)c3)nnc(Cl)c12. The average Bonchev–Trinajstić information content (AvgIpc) is 2.46. The zero-order valence-corrected chi connectivity index (χ0v) is 13.8. The Kier molecular flexibility index (Phi) is 3.68. The number of fused-ring (bicyclic) bond motifs is 1. The normalized spacial score (nSPS) is 11.1. The molecule has 0 bridgehead atoms. The molecule has 0 saturated heterocycles. The Balaban J connectivity index is 2.41. The largest absolute Gasteiger partial charge is 0.206 e. The van der Waals surface area contributed by atoms with E-state index in [1.54, 1.807) is 12.1 Å². The quantitative estimate of drug-likeness (QED) is 0.571. The van der Waals surface area contributed by atoms with Crippen molar-refractivity contribution in [2.75, 3.05) is 0 Å². The molecular formula is C16H11BrClFN2.